The second kappa shape index (κ2) is 8.86. The Hall–Kier alpha value is -2.21. The molecule has 4 rings (SSSR count). The van der Waals surface area contributed by atoms with Gasteiger partial charge in [0.25, 0.3) is 0 Å². The van der Waals surface area contributed by atoms with E-state index in [1.165, 1.54) is 31.4 Å². The van der Waals surface area contributed by atoms with Crippen LogP contribution in [0.5, 0.6) is 0 Å². The first-order valence-corrected chi connectivity index (χ1v) is 10.4. The summed E-state index contributed by atoms with van der Waals surface area (Å²) in [6.45, 7) is 3.29. The van der Waals surface area contributed by atoms with Gasteiger partial charge < -0.3 is 9.32 Å². The molecule has 6 heteroatoms. The van der Waals surface area contributed by atoms with Crippen molar-refractivity contribution in [3.8, 4) is 0 Å². The zero-order chi connectivity index (χ0) is 19.3. The van der Waals surface area contributed by atoms with Crippen molar-refractivity contribution in [3.63, 3.8) is 0 Å². The lowest BCUT2D eigenvalue weighted by molar-refractivity contribution is -0.137. The molecule has 2 aliphatic heterocycles. The van der Waals surface area contributed by atoms with Crippen molar-refractivity contribution in [3.05, 3.63) is 53.5 Å². The smallest absolute Gasteiger partial charge is 0.237 e. The van der Waals surface area contributed by atoms with Crippen LogP contribution >= 0.6 is 0 Å². The lowest BCUT2D eigenvalue weighted by Gasteiger charge is -2.36. The van der Waals surface area contributed by atoms with E-state index in [0.717, 1.165) is 44.5 Å². The van der Waals surface area contributed by atoms with Gasteiger partial charge in [-0.1, -0.05) is 18.6 Å². The minimum atomic E-state index is -0.251. The van der Waals surface area contributed by atoms with Crippen LogP contribution in [0.1, 0.15) is 61.8 Å². The lowest BCUT2D eigenvalue weighted by atomic mass is 10.0. The molecule has 0 N–H and O–H groups in total. The third-order valence-corrected chi connectivity index (χ3v) is 5.75. The maximum Gasteiger partial charge on any atom is 0.237 e. The molecule has 2 aromatic rings. The fraction of sp³-hybridized carbons (Fsp3) is 0.545. The molecule has 1 unspecified atom stereocenters. The van der Waals surface area contributed by atoms with Crippen molar-refractivity contribution in [2.24, 2.45) is 0 Å². The number of hydrogen-bond donors (Lipinski definition) is 0. The predicted octanol–water partition coefficient (Wildman–Crippen LogP) is 3.94. The summed E-state index contributed by atoms with van der Waals surface area (Å²) >= 11 is 0. The fourth-order valence-corrected chi connectivity index (χ4v) is 4.29. The zero-order valence-electron chi connectivity index (χ0n) is 16.3. The topological polar surface area (TPSA) is 49.6 Å². The van der Waals surface area contributed by atoms with Gasteiger partial charge >= 0.3 is 0 Å². The molecule has 2 aliphatic rings. The Kier molecular flexibility index (Phi) is 6.05. The number of halogens is 1. The van der Waals surface area contributed by atoms with Gasteiger partial charge in [-0.05, 0) is 62.9 Å². The number of carbonyl (C=O) groups is 1. The number of piperidine rings is 2. The van der Waals surface area contributed by atoms with E-state index in [1.807, 2.05) is 11.0 Å². The van der Waals surface area contributed by atoms with Crippen LogP contribution in [0.3, 0.4) is 0 Å². The number of likely N-dealkylation sites (tertiary alicyclic amines) is 2. The Morgan fingerprint density at radius 2 is 1.96 bits per heavy atom. The van der Waals surface area contributed by atoms with Gasteiger partial charge in [0.05, 0.1) is 12.7 Å². The number of rotatable bonds is 5. The molecule has 3 heterocycles. The van der Waals surface area contributed by atoms with Gasteiger partial charge in [0, 0.05) is 13.0 Å². The van der Waals surface area contributed by atoms with Crippen LogP contribution in [0, 0.1) is 5.82 Å². The molecule has 0 saturated carbocycles. The Labute approximate surface area is 165 Å². The molecule has 1 atom stereocenters. The third-order valence-electron chi connectivity index (χ3n) is 5.75. The van der Waals surface area contributed by atoms with Gasteiger partial charge in [-0.2, -0.15) is 0 Å². The first-order valence-electron chi connectivity index (χ1n) is 10.4. The first-order chi connectivity index (χ1) is 13.7. The van der Waals surface area contributed by atoms with Gasteiger partial charge in [-0.25, -0.2) is 9.37 Å². The van der Waals surface area contributed by atoms with Gasteiger partial charge in [-0.3, -0.25) is 9.69 Å². The molecular weight excluding hydrogens is 357 g/mol. The Morgan fingerprint density at radius 1 is 1.14 bits per heavy atom. The summed E-state index contributed by atoms with van der Waals surface area (Å²) in [5, 5.41) is 0. The van der Waals surface area contributed by atoms with Gasteiger partial charge in [0.1, 0.15) is 17.6 Å². The highest BCUT2D eigenvalue weighted by atomic mass is 19.1. The zero-order valence-corrected chi connectivity index (χ0v) is 16.3. The number of amides is 1. The Morgan fingerprint density at radius 3 is 2.79 bits per heavy atom. The molecule has 1 amide bonds. The van der Waals surface area contributed by atoms with Gasteiger partial charge in [0.15, 0.2) is 0 Å². The standard InChI is InChI=1S/C22H28FN3O2/c23-18-8-6-7-17(13-18)14-19-15-24-22(28-19)20-9-2-5-12-26(20)21(27)16-25-10-3-1-4-11-25/h6-8,13,15,20H,1-5,9-12,14,16H2. The van der Waals surface area contributed by atoms with Crippen LogP contribution < -0.4 is 0 Å². The monoisotopic (exact) mass is 385 g/mol. The van der Waals surface area contributed by atoms with E-state index >= 15 is 0 Å². The fourth-order valence-electron chi connectivity index (χ4n) is 4.29. The third kappa shape index (κ3) is 4.61. The molecule has 0 spiro atoms. The van der Waals surface area contributed by atoms with Crippen molar-refractivity contribution in [1.82, 2.24) is 14.8 Å². The first kappa shape index (κ1) is 19.1. The van der Waals surface area contributed by atoms with Crippen LogP contribution in [0.15, 0.2) is 34.9 Å². The second-order valence-corrected chi connectivity index (χ2v) is 7.91. The van der Waals surface area contributed by atoms with Crippen LogP contribution in [0.25, 0.3) is 0 Å². The summed E-state index contributed by atoms with van der Waals surface area (Å²) in [5.74, 6) is 1.24. The molecule has 1 aromatic heterocycles. The summed E-state index contributed by atoms with van der Waals surface area (Å²) in [6.07, 6.45) is 8.81. The average molecular weight is 385 g/mol. The quantitative estimate of drug-likeness (QED) is 0.782. The molecule has 2 saturated heterocycles. The summed E-state index contributed by atoms with van der Waals surface area (Å²) in [7, 11) is 0. The molecular formula is C22H28FN3O2. The highest BCUT2D eigenvalue weighted by Gasteiger charge is 2.32. The van der Waals surface area contributed by atoms with E-state index in [-0.39, 0.29) is 17.8 Å². The Balaban J connectivity index is 1.44. The van der Waals surface area contributed by atoms with Crippen LogP contribution in [-0.2, 0) is 11.2 Å². The predicted molar refractivity (Wildman–Crippen MR) is 104 cm³/mol. The van der Waals surface area contributed by atoms with Crippen LogP contribution in [-0.4, -0.2) is 46.9 Å². The maximum absolute atomic E-state index is 13.4. The number of hydrogen-bond acceptors (Lipinski definition) is 4. The van der Waals surface area contributed by atoms with E-state index in [4.69, 9.17) is 4.42 Å². The maximum atomic E-state index is 13.4. The summed E-state index contributed by atoms with van der Waals surface area (Å²) in [4.78, 5) is 21.6. The molecule has 0 aliphatic carbocycles. The SMILES string of the molecule is O=C(CN1CCCCC1)N1CCCCC1c1ncc(Cc2cccc(F)c2)o1. The Bertz CT molecular complexity index is 801. The van der Waals surface area contributed by atoms with Crippen molar-refractivity contribution < 1.29 is 13.6 Å². The summed E-state index contributed by atoms with van der Waals surface area (Å²) < 4.78 is 19.4. The minimum absolute atomic E-state index is 0.0905. The van der Waals surface area contributed by atoms with Crippen molar-refractivity contribution in [2.75, 3.05) is 26.2 Å². The van der Waals surface area contributed by atoms with Gasteiger partial charge in [-0.15, -0.1) is 0 Å². The normalized spacial score (nSPS) is 21.0. The highest BCUT2D eigenvalue weighted by molar-refractivity contribution is 5.78. The number of oxazole rings is 1. The van der Waals surface area contributed by atoms with E-state index in [9.17, 15) is 9.18 Å². The molecule has 0 bridgehead atoms. The molecule has 0 radical (unpaired) electrons. The van der Waals surface area contributed by atoms with E-state index in [1.54, 1.807) is 12.3 Å². The van der Waals surface area contributed by atoms with E-state index < -0.39 is 0 Å². The molecule has 150 valence electrons. The van der Waals surface area contributed by atoms with Crippen LogP contribution in [0.4, 0.5) is 4.39 Å². The average Bonchev–Trinajstić information content (AvgIpc) is 3.17. The second-order valence-electron chi connectivity index (χ2n) is 7.91. The van der Waals surface area contributed by atoms with E-state index in [0.29, 0.717) is 24.6 Å². The minimum Gasteiger partial charge on any atom is -0.443 e. The molecule has 28 heavy (non-hydrogen) atoms. The molecule has 1 aromatic carbocycles. The van der Waals surface area contributed by atoms with Crippen LogP contribution in [0.2, 0.25) is 0 Å². The van der Waals surface area contributed by atoms with Crippen molar-refractivity contribution >= 4 is 5.91 Å². The van der Waals surface area contributed by atoms with Crippen molar-refractivity contribution in [1.29, 1.82) is 0 Å². The molecule has 2 fully saturated rings. The largest absolute Gasteiger partial charge is 0.443 e. The number of nitrogens with zero attached hydrogens (tertiary/aromatic N) is 3. The summed E-state index contributed by atoms with van der Waals surface area (Å²) in [6, 6.07) is 6.43. The van der Waals surface area contributed by atoms with Gasteiger partial charge in [0.2, 0.25) is 11.8 Å². The lowest BCUT2D eigenvalue weighted by Crippen LogP contribution is -2.45. The highest BCUT2D eigenvalue weighted by Crippen LogP contribution is 2.31. The number of aromatic nitrogens is 1. The summed E-state index contributed by atoms with van der Waals surface area (Å²) in [5.41, 5.74) is 0.851. The number of carbonyl (C=O) groups excluding carboxylic acids is 1. The van der Waals surface area contributed by atoms with Crippen molar-refractivity contribution in [2.45, 2.75) is 51.0 Å². The van der Waals surface area contributed by atoms with E-state index in [2.05, 4.69) is 9.88 Å². The number of benzene rings is 1. The molecule has 5 nitrogen and oxygen atoms in total.